The summed E-state index contributed by atoms with van der Waals surface area (Å²) in [7, 11) is 0. The van der Waals surface area contributed by atoms with Gasteiger partial charge in [-0.2, -0.15) is 0 Å². The number of hydrogen-bond acceptors (Lipinski definition) is 4. The Hall–Kier alpha value is -1.88. The first-order chi connectivity index (χ1) is 8.93. The summed E-state index contributed by atoms with van der Waals surface area (Å²) >= 11 is 5.92. The van der Waals surface area contributed by atoms with Crippen molar-refractivity contribution >= 4 is 29.6 Å². The fourth-order valence-corrected chi connectivity index (χ4v) is 1.54. The van der Waals surface area contributed by atoms with Crippen LogP contribution in [0.3, 0.4) is 0 Å². The van der Waals surface area contributed by atoms with Crippen LogP contribution < -0.4 is 0 Å². The molecule has 0 unspecified atom stereocenters. The third kappa shape index (κ3) is 4.71. The van der Waals surface area contributed by atoms with Crippen molar-refractivity contribution in [3.63, 3.8) is 0 Å². The van der Waals surface area contributed by atoms with Crippen molar-refractivity contribution in [1.29, 1.82) is 0 Å². The molecule has 1 aromatic heterocycles. The van der Waals surface area contributed by atoms with Crippen LogP contribution in [0.1, 0.15) is 24.6 Å². The lowest BCUT2D eigenvalue weighted by Gasteiger charge is -2.05. The molecule has 0 saturated carbocycles. The molecule has 0 spiro atoms. The molecule has 1 rings (SSSR count). The zero-order valence-corrected chi connectivity index (χ0v) is 11.4. The quantitative estimate of drug-likeness (QED) is 0.663. The molecule has 102 valence electrons. The molecule has 0 aromatic carbocycles. The van der Waals surface area contributed by atoms with Crippen LogP contribution in [0.25, 0.3) is 6.08 Å². The van der Waals surface area contributed by atoms with Gasteiger partial charge in [-0.05, 0) is 31.6 Å². The van der Waals surface area contributed by atoms with Crippen molar-refractivity contribution in [1.82, 2.24) is 4.98 Å². The Balaban J connectivity index is 3.07. The Labute approximate surface area is 115 Å². The minimum absolute atomic E-state index is 0.0519. The number of pyridine rings is 1. The zero-order chi connectivity index (χ0) is 14.4. The van der Waals surface area contributed by atoms with Crippen LogP contribution in [-0.4, -0.2) is 28.6 Å². The first kappa shape index (κ1) is 15.2. The Kier molecular flexibility index (Phi) is 5.51. The minimum atomic E-state index is -1.11. The standard InChI is InChI=1S/C13H14ClNO4/c1-3-19-13(18)10(6-12(16)17)4-9-5-11(14)8(2)15-7-9/h4-5,7H,3,6H2,1-2H3,(H,16,17)/b10-4+. The second-order valence-electron chi connectivity index (χ2n) is 3.80. The Bertz CT molecular complexity index is 525. The highest BCUT2D eigenvalue weighted by atomic mass is 35.5. The van der Waals surface area contributed by atoms with E-state index in [-0.39, 0.29) is 12.2 Å². The van der Waals surface area contributed by atoms with Gasteiger partial charge in [0.2, 0.25) is 0 Å². The van der Waals surface area contributed by atoms with E-state index in [1.807, 2.05) is 0 Å². The number of nitrogens with zero attached hydrogens (tertiary/aromatic N) is 1. The van der Waals surface area contributed by atoms with Crippen molar-refractivity contribution in [2.24, 2.45) is 0 Å². The van der Waals surface area contributed by atoms with Crippen molar-refractivity contribution in [3.05, 3.63) is 34.1 Å². The first-order valence-electron chi connectivity index (χ1n) is 5.65. The smallest absolute Gasteiger partial charge is 0.334 e. The van der Waals surface area contributed by atoms with Gasteiger partial charge < -0.3 is 9.84 Å². The summed E-state index contributed by atoms with van der Waals surface area (Å²) in [5.41, 5.74) is 1.27. The minimum Gasteiger partial charge on any atom is -0.481 e. The van der Waals surface area contributed by atoms with Gasteiger partial charge in [0.1, 0.15) is 0 Å². The monoisotopic (exact) mass is 283 g/mol. The third-order valence-electron chi connectivity index (χ3n) is 2.27. The summed E-state index contributed by atoms with van der Waals surface area (Å²) < 4.78 is 4.81. The predicted molar refractivity (Wildman–Crippen MR) is 70.8 cm³/mol. The van der Waals surface area contributed by atoms with Gasteiger partial charge in [-0.1, -0.05) is 11.6 Å². The second-order valence-corrected chi connectivity index (χ2v) is 4.20. The van der Waals surface area contributed by atoms with Crippen molar-refractivity contribution in [2.45, 2.75) is 20.3 Å². The van der Waals surface area contributed by atoms with E-state index in [0.29, 0.717) is 16.3 Å². The number of carbonyl (C=O) groups excluding carboxylic acids is 1. The molecule has 0 bridgehead atoms. The molecule has 0 saturated heterocycles. The highest BCUT2D eigenvalue weighted by molar-refractivity contribution is 6.31. The van der Waals surface area contributed by atoms with Crippen LogP contribution in [0.4, 0.5) is 0 Å². The predicted octanol–water partition coefficient (Wildman–Crippen LogP) is 2.46. The third-order valence-corrected chi connectivity index (χ3v) is 2.65. The van der Waals surface area contributed by atoms with E-state index in [1.54, 1.807) is 19.9 Å². The van der Waals surface area contributed by atoms with Crippen LogP contribution >= 0.6 is 11.6 Å². The van der Waals surface area contributed by atoms with Crippen molar-refractivity contribution in [3.8, 4) is 0 Å². The molecular weight excluding hydrogens is 270 g/mol. The molecule has 19 heavy (non-hydrogen) atoms. The molecule has 0 aliphatic carbocycles. The van der Waals surface area contributed by atoms with E-state index in [0.717, 1.165) is 0 Å². The number of aliphatic carboxylic acids is 1. The lowest BCUT2D eigenvalue weighted by atomic mass is 10.1. The van der Waals surface area contributed by atoms with Gasteiger partial charge >= 0.3 is 11.9 Å². The highest BCUT2D eigenvalue weighted by Gasteiger charge is 2.14. The maximum atomic E-state index is 11.6. The Morgan fingerprint density at radius 3 is 2.74 bits per heavy atom. The molecule has 5 nitrogen and oxygen atoms in total. The molecule has 0 aliphatic heterocycles. The number of rotatable bonds is 5. The molecule has 0 fully saturated rings. The highest BCUT2D eigenvalue weighted by Crippen LogP contribution is 2.17. The number of aryl methyl sites for hydroxylation is 1. The van der Waals surface area contributed by atoms with Crippen LogP contribution in [0.2, 0.25) is 5.02 Å². The van der Waals surface area contributed by atoms with Gasteiger partial charge in [0.15, 0.2) is 0 Å². The van der Waals surface area contributed by atoms with Gasteiger partial charge in [0.05, 0.1) is 23.7 Å². The summed E-state index contributed by atoms with van der Waals surface area (Å²) in [5.74, 6) is -1.76. The van der Waals surface area contributed by atoms with Gasteiger partial charge in [0.25, 0.3) is 0 Å². The van der Waals surface area contributed by atoms with Crippen molar-refractivity contribution < 1.29 is 19.4 Å². The van der Waals surface area contributed by atoms with E-state index < -0.39 is 18.4 Å². The van der Waals surface area contributed by atoms with E-state index in [4.69, 9.17) is 21.4 Å². The lowest BCUT2D eigenvalue weighted by molar-refractivity contribution is -0.142. The van der Waals surface area contributed by atoms with E-state index in [9.17, 15) is 9.59 Å². The van der Waals surface area contributed by atoms with E-state index in [1.165, 1.54) is 12.3 Å². The Morgan fingerprint density at radius 1 is 1.53 bits per heavy atom. The van der Waals surface area contributed by atoms with E-state index >= 15 is 0 Å². The number of ether oxygens (including phenoxy) is 1. The van der Waals surface area contributed by atoms with Gasteiger partial charge in [0, 0.05) is 11.8 Å². The normalized spacial score (nSPS) is 11.2. The van der Waals surface area contributed by atoms with Crippen LogP contribution in [-0.2, 0) is 14.3 Å². The summed E-state index contributed by atoms with van der Waals surface area (Å²) in [6.07, 6.45) is 2.52. The molecule has 1 N–H and O–H groups in total. The summed E-state index contributed by atoms with van der Waals surface area (Å²) in [5, 5.41) is 9.24. The summed E-state index contributed by atoms with van der Waals surface area (Å²) in [6, 6.07) is 1.62. The first-order valence-corrected chi connectivity index (χ1v) is 6.03. The molecule has 0 amide bonds. The molecule has 6 heteroatoms. The maximum Gasteiger partial charge on any atom is 0.334 e. The molecule has 1 aromatic rings. The number of esters is 1. The number of aromatic nitrogens is 1. The SMILES string of the molecule is CCOC(=O)/C(=C/c1cnc(C)c(Cl)c1)CC(=O)O. The molecule has 0 aliphatic rings. The van der Waals surface area contributed by atoms with Crippen LogP contribution in [0.15, 0.2) is 17.8 Å². The summed E-state index contributed by atoms with van der Waals surface area (Å²) in [4.78, 5) is 26.4. The van der Waals surface area contributed by atoms with Gasteiger partial charge in [-0.25, -0.2) is 4.79 Å². The fraction of sp³-hybridized carbons (Fsp3) is 0.308. The maximum absolute atomic E-state index is 11.6. The van der Waals surface area contributed by atoms with Crippen molar-refractivity contribution in [2.75, 3.05) is 6.61 Å². The van der Waals surface area contributed by atoms with Gasteiger partial charge in [-0.15, -0.1) is 0 Å². The number of carboxylic acid groups (broad SMARTS) is 1. The summed E-state index contributed by atoms with van der Waals surface area (Å²) in [6.45, 7) is 3.59. The zero-order valence-electron chi connectivity index (χ0n) is 10.6. The average Bonchev–Trinajstić information content (AvgIpc) is 2.33. The number of carbonyl (C=O) groups is 2. The van der Waals surface area contributed by atoms with Crippen LogP contribution in [0, 0.1) is 6.92 Å². The topological polar surface area (TPSA) is 76.5 Å². The fourth-order valence-electron chi connectivity index (χ4n) is 1.37. The largest absolute Gasteiger partial charge is 0.481 e. The van der Waals surface area contributed by atoms with Gasteiger partial charge in [-0.3, -0.25) is 9.78 Å². The molecule has 0 radical (unpaired) electrons. The Morgan fingerprint density at radius 2 is 2.21 bits per heavy atom. The number of hydrogen-bond donors (Lipinski definition) is 1. The lowest BCUT2D eigenvalue weighted by Crippen LogP contribution is -2.11. The van der Waals surface area contributed by atoms with E-state index in [2.05, 4.69) is 4.98 Å². The average molecular weight is 284 g/mol. The number of halogens is 1. The molecule has 0 atom stereocenters. The molecular formula is C13H14ClNO4. The number of carboxylic acids is 1. The van der Waals surface area contributed by atoms with Crippen LogP contribution in [0.5, 0.6) is 0 Å². The molecule has 1 heterocycles. The second kappa shape index (κ2) is 6.89.